The molecule has 0 atom stereocenters. The van der Waals surface area contributed by atoms with Gasteiger partial charge in [0.05, 0.1) is 0 Å². The summed E-state index contributed by atoms with van der Waals surface area (Å²) < 4.78 is 7.33. The third-order valence-electron chi connectivity index (χ3n) is 3.70. The van der Waals surface area contributed by atoms with Crippen molar-refractivity contribution in [3.63, 3.8) is 0 Å². The number of hydrogen-bond donors (Lipinski definition) is 1. The maximum atomic E-state index is 12.3. The lowest BCUT2D eigenvalue weighted by Gasteiger charge is -2.08. The van der Waals surface area contributed by atoms with Gasteiger partial charge in [-0.15, -0.1) is 5.10 Å². The van der Waals surface area contributed by atoms with E-state index in [1.165, 1.54) is 0 Å². The number of benzene rings is 2. The molecule has 25 heavy (non-hydrogen) atoms. The third-order valence-corrected chi connectivity index (χ3v) is 3.70. The van der Waals surface area contributed by atoms with Crippen molar-refractivity contribution >= 4 is 11.6 Å². The van der Waals surface area contributed by atoms with Crippen molar-refractivity contribution in [1.29, 1.82) is 0 Å². The number of hydrogen-bond acceptors (Lipinski definition) is 5. The maximum absolute atomic E-state index is 12.3. The molecule has 2 aromatic carbocycles. The SMILES string of the molecule is CCn1nnnc1COc1ccc(C(=O)Nc2ccc(C)cc2)cc1. The maximum Gasteiger partial charge on any atom is 0.255 e. The topological polar surface area (TPSA) is 81.9 Å². The minimum Gasteiger partial charge on any atom is -0.486 e. The number of nitrogens with zero attached hydrogens (tertiary/aromatic N) is 4. The van der Waals surface area contributed by atoms with E-state index in [4.69, 9.17) is 4.74 Å². The van der Waals surface area contributed by atoms with Gasteiger partial charge in [-0.3, -0.25) is 4.79 Å². The first-order chi connectivity index (χ1) is 12.2. The summed E-state index contributed by atoms with van der Waals surface area (Å²) in [5.41, 5.74) is 2.47. The Bertz CT molecular complexity index is 841. The van der Waals surface area contributed by atoms with Gasteiger partial charge in [0.2, 0.25) is 0 Å². The van der Waals surface area contributed by atoms with Gasteiger partial charge in [0, 0.05) is 17.8 Å². The molecule has 0 aliphatic heterocycles. The highest BCUT2D eigenvalue weighted by molar-refractivity contribution is 6.04. The number of aryl methyl sites for hydroxylation is 2. The molecule has 3 aromatic rings. The van der Waals surface area contributed by atoms with Crippen LogP contribution in [0.4, 0.5) is 5.69 Å². The Balaban J connectivity index is 1.59. The van der Waals surface area contributed by atoms with Crippen LogP contribution in [0, 0.1) is 6.92 Å². The summed E-state index contributed by atoms with van der Waals surface area (Å²) in [6.07, 6.45) is 0. The van der Waals surface area contributed by atoms with Crippen LogP contribution >= 0.6 is 0 Å². The molecule has 0 aliphatic carbocycles. The van der Waals surface area contributed by atoms with Crippen LogP contribution < -0.4 is 10.1 Å². The van der Waals surface area contributed by atoms with Crippen LogP contribution in [0.5, 0.6) is 5.75 Å². The van der Waals surface area contributed by atoms with Crippen LogP contribution in [0.25, 0.3) is 0 Å². The van der Waals surface area contributed by atoms with Gasteiger partial charge in [0.15, 0.2) is 5.82 Å². The predicted octanol–water partition coefficient (Wildman–Crippen LogP) is 2.83. The van der Waals surface area contributed by atoms with Gasteiger partial charge in [0.25, 0.3) is 5.91 Å². The molecule has 0 saturated carbocycles. The van der Waals surface area contributed by atoms with Gasteiger partial charge in [-0.05, 0) is 60.7 Å². The van der Waals surface area contributed by atoms with Gasteiger partial charge < -0.3 is 10.1 Å². The molecule has 0 aliphatic rings. The lowest BCUT2D eigenvalue weighted by atomic mass is 10.2. The number of ether oxygens (including phenoxy) is 1. The van der Waals surface area contributed by atoms with Crippen LogP contribution in [-0.4, -0.2) is 26.1 Å². The van der Waals surface area contributed by atoms with E-state index in [2.05, 4.69) is 20.8 Å². The molecule has 1 N–H and O–H groups in total. The molecule has 7 nitrogen and oxygen atoms in total. The Hall–Kier alpha value is -3.22. The summed E-state index contributed by atoms with van der Waals surface area (Å²) in [6, 6.07) is 14.6. The lowest BCUT2D eigenvalue weighted by molar-refractivity contribution is 0.102. The quantitative estimate of drug-likeness (QED) is 0.748. The first-order valence-corrected chi connectivity index (χ1v) is 8.01. The van der Waals surface area contributed by atoms with Crippen molar-refractivity contribution < 1.29 is 9.53 Å². The predicted molar refractivity (Wildman–Crippen MR) is 93.4 cm³/mol. The normalized spacial score (nSPS) is 10.5. The van der Waals surface area contributed by atoms with Crippen LogP contribution in [0.1, 0.15) is 28.7 Å². The second-order valence-corrected chi connectivity index (χ2v) is 5.54. The molecule has 0 saturated heterocycles. The largest absolute Gasteiger partial charge is 0.486 e. The van der Waals surface area contributed by atoms with E-state index in [9.17, 15) is 4.79 Å². The summed E-state index contributed by atoms with van der Waals surface area (Å²) in [6.45, 7) is 4.92. The average molecular weight is 337 g/mol. The minimum atomic E-state index is -0.162. The zero-order valence-electron chi connectivity index (χ0n) is 14.1. The van der Waals surface area contributed by atoms with E-state index in [1.54, 1.807) is 28.9 Å². The highest BCUT2D eigenvalue weighted by Crippen LogP contribution is 2.15. The summed E-state index contributed by atoms with van der Waals surface area (Å²) in [7, 11) is 0. The average Bonchev–Trinajstić information content (AvgIpc) is 3.10. The Morgan fingerprint density at radius 1 is 1.12 bits per heavy atom. The van der Waals surface area contributed by atoms with E-state index in [1.807, 2.05) is 38.1 Å². The van der Waals surface area contributed by atoms with Crippen molar-refractivity contribution in [2.45, 2.75) is 27.0 Å². The van der Waals surface area contributed by atoms with Gasteiger partial charge in [0.1, 0.15) is 12.4 Å². The lowest BCUT2D eigenvalue weighted by Crippen LogP contribution is -2.11. The molecule has 0 bridgehead atoms. The first-order valence-electron chi connectivity index (χ1n) is 8.01. The molecule has 3 rings (SSSR count). The molecule has 0 unspecified atom stereocenters. The van der Waals surface area contributed by atoms with Crippen molar-refractivity contribution in [3.8, 4) is 5.75 Å². The molecular formula is C18H19N5O2. The van der Waals surface area contributed by atoms with Crippen molar-refractivity contribution in [2.75, 3.05) is 5.32 Å². The fourth-order valence-electron chi connectivity index (χ4n) is 2.26. The number of carbonyl (C=O) groups is 1. The van der Waals surface area contributed by atoms with Crippen LogP contribution in [-0.2, 0) is 13.2 Å². The summed E-state index contributed by atoms with van der Waals surface area (Å²) in [4.78, 5) is 12.3. The van der Waals surface area contributed by atoms with Gasteiger partial charge in [-0.1, -0.05) is 17.7 Å². The number of nitrogens with one attached hydrogen (secondary N) is 1. The molecule has 1 heterocycles. The van der Waals surface area contributed by atoms with E-state index >= 15 is 0 Å². The molecule has 1 amide bonds. The molecule has 7 heteroatoms. The second kappa shape index (κ2) is 7.57. The molecule has 128 valence electrons. The van der Waals surface area contributed by atoms with E-state index in [0.717, 1.165) is 11.3 Å². The Labute approximate surface area is 145 Å². The monoisotopic (exact) mass is 337 g/mol. The highest BCUT2D eigenvalue weighted by atomic mass is 16.5. The standard InChI is InChI=1S/C18H19N5O2/c1-3-23-17(20-21-22-23)12-25-16-10-6-14(7-11-16)18(24)19-15-8-4-13(2)5-9-15/h4-11H,3,12H2,1-2H3,(H,19,24). The molecule has 0 spiro atoms. The van der Waals surface area contributed by atoms with E-state index in [-0.39, 0.29) is 12.5 Å². The number of aromatic nitrogens is 4. The first kappa shape index (κ1) is 16.6. The number of anilines is 1. The summed E-state index contributed by atoms with van der Waals surface area (Å²) in [5.74, 6) is 1.14. The smallest absolute Gasteiger partial charge is 0.255 e. The number of carbonyl (C=O) groups excluding carboxylic acids is 1. The number of rotatable bonds is 6. The van der Waals surface area contributed by atoms with Gasteiger partial charge >= 0.3 is 0 Å². The third kappa shape index (κ3) is 4.20. The molecule has 0 radical (unpaired) electrons. The Morgan fingerprint density at radius 3 is 2.52 bits per heavy atom. The Morgan fingerprint density at radius 2 is 1.84 bits per heavy atom. The van der Waals surface area contributed by atoms with Crippen molar-refractivity contribution in [1.82, 2.24) is 20.2 Å². The summed E-state index contributed by atoms with van der Waals surface area (Å²) >= 11 is 0. The Kier molecular flexibility index (Phi) is 5.03. The fraction of sp³-hybridized carbons (Fsp3) is 0.222. The fourth-order valence-corrected chi connectivity index (χ4v) is 2.26. The zero-order chi connectivity index (χ0) is 17.6. The van der Waals surface area contributed by atoms with Gasteiger partial charge in [-0.25, -0.2) is 4.68 Å². The molecular weight excluding hydrogens is 318 g/mol. The van der Waals surface area contributed by atoms with Crippen molar-refractivity contribution in [2.24, 2.45) is 0 Å². The van der Waals surface area contributed by atoms with E-state index < -0.39 is 0 Å². The second-order valence-electron chi connectivity index (χ2n) is 5.54. The van der Waals surface area contributed by atoms with Crippen molar-refractivity contribution in [3.05, 3.63) is 65.5 Å². The van der Waals surface area contributed by atoms with Crippen LogP contribution in [0.3, 0.4) is 0 Å². The molecule has 1 aromatic heterocycles. The van der Waals surface area contributed by atoms with Crippen LogP contribution in [0.15, 0.2) is 48.5 Å². The zero-order valence-corrected chi connectivity index (χ0v) is 14.1. The number of amides is 1. The summed E-state index contributed by atoms with van der Waals surface area (Å²) in [5, 5.41) is 14.2. The number of tetrazole rings is 1. The molecule has 0 fully saturated rings. The highest BCUT2D eigenvalue weighted by Gasteiger charge is 2.08. The van der Waals surface area contributed by atoms with Crippen LogP contribution in [0.2, 0.25) is 0 Å². The van der Waals surface area contributed by atoms with Gasteiger partial charge in [-0.2, -0.15) is 0 Å². The van der Waals surface area contributed by atoms with E-state index in [0.29, 0.717) is 23.7 Å². The minimum absolute atomic E-state index is 0.162.